The van der Waals surface area contributed by atoms with Crippen molar-refractivity contribution in [2.24, 2.45) is 11.3 Å². The number of amides is 2. The lowest BCUT2D eigenvalue weighted by Crippen LogP contribution is -2.51. The minimum Gasteiger partial charge on any atom is -0.481 e. The van der Waals surface area contributed by atoms with Crippen molar-refractivity contribution in [1.82, 2.24) is 35.1 Å². The zero-order valence-electron chi connectivity index (χ0n) is 31.4. The Kier molecular flexibility index (Phi) is 9.40. The number of carbonyl (C=O) groups is 2. The minimum atomic E-state index is -0.642. The average molecular weight is 710 g/mol. The Morgan fingerprint density at radius 3 is 2.08 bits per heavy atom. The van der Waals surface area contributed by atoms with Gasteiger partial charge in [0.2, 0.25) is 11.8 Å². The van der Waals surface area contributed by atoms with Crippen molar-refractivity contribution in [3.8, 4) is 39.5 Å². The van der Waals surface area contributed by atoms with Gasteiger partial charge in [-0.3, -0.25) is 9.59 Å². The number of aromatic nitrogens is 5. The molecule has 7 rings (SSSR count). The molecule has 1 aliphatic heterocycles. The summed E-state index contributed by atoms with van der Waals surface area (Å²) < 4.78 is 5.42. The first kappa shape index (κ1) is 35.6. The van der Waals surface area contributed by atoms with E-state index in [2.05, 4.69) is 82.6 Å². The normalized spacial score (nSPS) is 15.8. The van der Waals surface area contributed by atoms with Crippen LogP contribution in [0.1, 0.15) is 82.6 Å². The van der Waals surface area contributed by atoms with Crippen LogP contribution in [0.3, 0.4) is 0 Å². The molecule has 53 heavy (non-hydrogen) atoms. The van der Waals surface area contributed by atoms with Gasteiger partial charge in [0, 0.05) is 23.4 Å². The second-order valence-corrected chi connectivity index (χ2v) is 15.4. The second-order valence-electron chi connectivity index (χ2n) is 15.4. The molecular weight excluding hydrogens is 663 g/mol. The number of aromatic amines is 2. The van der Waals surface area contributed by atoms with Crippen LogP contribution in [0, 0.1) is 11.3 Å². The average Bonchev–Trinajstić information content (AvgIpc) is 3.96. The van der Waals surface area contributed by atoms with Crippen LogP contribution in [-0.4, -0.2) is 55.3 Å². The van der Waals surface area contributed by atoms with Gasteiger partial charge in [-0.1, -0.05) is 107 Å². The van der Waals surface area contributed by atoms with Gasteiger partial charge in [-0.15, -0.1) is 0 Å². The first-order chi connectivity index (χ1) is 25.4. The van der Waals surface area contributed by atoms with Crippen LogP contribution in [-0.2, 0) is 10.3 Å². The minimum absolute atomic E-state index is 0.0147. The fourth-order valence-corrected chi connectivity index (χ4v) is 6.84. The number of benzene rings is 3. The molecule has 4 heterocycles. The first-order valence-corrected chi connectivity index (χ1v) is 18.2. The molecule has 0 aliphatic carbocycles. The highest BCUT2D eigenvalue weighted by molar-refractivity contribution is 6.05. The van der Waals surface area contributed by atoms with Gasteiger partial charge >= 0.3 is 0 Å². The molecule has 2 atom stereocenters. The number of methoxy groups -OCH3 is 1. The first-order valence-electron chi connectivity index (χ1n) is 18.2. The number of rotatable bonds is 9. The largest absolute Gasteiger partial charge is 0.481 e. The lowest BCUT2D eigenvalue weighted by molar-refractivity contribution is -0.131. The molecule has 1 aliphatic rings. The van der Waals surface area contributed by atoms with Gasteiger partial charge in [-0.2, -0.15) is 0 Å². The van der Waals surface area contributed by atoms with E-state index in [-0.39, 0.29) is 23.8 Å². The Balaban J connectivity index is 1.05. The van der Waals surface area contributed by atoms with E-state index in [9.17, 15) is 9.59 Å². The smallest absolute Gasteiger partial charge is 0.273 e. The molecule has 3 aromatic heterocycles. The number of hydrogen-bond acceptors (Lipinski definition) is 6. The Morgan fingerprint density at radius 2 is 1.45 bits per heavy atom. The number of ether oxygens (including phenoxy) is 1. The Bertz CT molecular complexity index is 2260. The second kappa shape index (κ2) is 14.0. The summed E-state index contributed by atoms with van der Waals surface area (Å²) in [7, 11) is 1.57. The number of carbonyl (C=O) groups excluding carboxylic acids is 2. The molecule has 10 heteroatoms. The van der Waals surface area contributed by atoms with E-state index in [1.807, 2.05) is 75.3 Å². The summed E-state index contributed by atoms with van der Waals surface area (Å²) in [5.41, 5.74) is 5.24. The van der Waals surface area contributed by atoms with Gasteiger partial charge in [0.25, 0.3) is 5.91 Å². The molecule has 0 spiro atoms. The molecule has 0 unspecified atom stereocenters. The Morgan fingerprint density at radius 1 is 0.849 bits per heavy atom. The SMILES string of the molecule is COc1cc2ccccc2c(C(=O)N2CCC[C@H]2c2ncc(-c3ccc(-c4ccc(-c5cnc([C@](C)(NC(=O)C(C)(C)C)C(C)C)[nH]5)cc4)cc3)[nH]2)n1. The predicted molar refractivity (Wildman–Crippen MR) is 208 cm³/mol. The number of likely N-dealkylation sites (tertiary alicyclic amines) is 1. The molecule has 6 aromatic rings. The third-order valence-electron chi connectivity index (χ3n) is 10.6. The number of nitrogens with one attached hydrogen (secondary N) is 3. The van der Waals surface area contributed by atoms with E-state index in [4.69, 9.17) is 14.7 Å². The number of hydrogen-bond donors (Lipinski definition) is 3. The molecule has 3 N–H and O–H groups in total. The van der Waals surface area contributed by atoms with E-state index < -0.39 is 11.0 Å². The predicted octanol–water partition coefficient (Wildman–Crippen LogP) is 8.70. The van der Waals surface area contributed by atoms with Gasteiger partial charge < -0.3 is 24.9 Å². The number of fused-ring (bicyclic) bond motifs is 1. The van der Waals surface area contributed by atoms with E-state index in [1.165, 1.54) is 0 Å². The molecular formula is C43H47N7O3. The van der Waals surface area contributed by atoms with E-state index in [0.29, 0.717) is 18.1 Å². The van der Waals surface area contributed by atoms with Crippen LogP contribution < -0.4 is 10.1 Å². The fourth-order valence-electron chi connectivity index (χ4n) is 6.84. The van der Waals surface area contributed by atoms with E-state index in [0.717, 1.165) is 68.9 Å². The summed E-state index contributed by atoms with van der Waals surface area (Å²) in [6.07, 6.45) is 5.38. The number of imidazole rings is 2. The van der Waals surface area contributed by atoms with Crippen LogP contribution in [0.25, 0.3) is 44.4 Å². The molecule has 0 radical (unpaired) electrons. The molecule has 0 saturated carbocycles. The van der Waals surface area contributed by atoms with Crippen molar-refractivity contribution >= 4 is 22.6 Å². The lowest BCUT2D eigenvalue weighted by atomic mass is 9.85. The molecule has 3 aromatic carbocycles. The Hall–Kier alpha value is -5.77. The summed E-state index contributed by atoms with van der Waals surface area (Å²) in [4.78, 5) is 49.7. The van der Waals surface area contributed by atoms with Gasteiger partial charge in [0.1, 0.15) is 17.3 Å². The summed E-state index contributed by atoms with van der Waals surface area (Å²) in [6.45, 7) is 12.6. The molecule has 1 fully saturated rings. The molecule has 1 saturated heterocycles. The number of nitrogens with zero attached hydrogens (tertiary/aromatic N) is 4. The van der Waals surface area contributed by atoms with Crippen molar-refractivity contribution in [3.63, 3.8) is 0 Å². The van der Waals surface area contributed by atoms with Crippen molar-refractivity contribution in [2.45, 2.75) is 66.0 Å². The lowest BCUT2D eigenvalue weighted by Gasteiger charge is -2.35. The maximum atomic E-state index is 13.9. The monoisotopic (exact) mass is 709 g/mol. The summed E-state index contributed by atoms with van der Waals surface area (Å²) in [6, 6.07) is 26.2. The fraction of sp³-hybridized carbons (Fsp3) is 0.326. The Labute approximate surface area is 310 Å². The third-order valence-corrected chi connectivity index (χ3v) is 10.6. The van der Waals surface area contributed by atoms with Crippen LogP contribution >= 0.6 is 0 Å². The van der Waals surface area contributed by atoms with E-state index >= 15 is 0 Å². The summed E-state index contributed by atoms with van der Waals surface area (Å²) in [5.74, 6) is 1.91. The van der Waals surface area contributed by atoms with Crippen molar-refractivity contribution in [3.05, 3.63) is 109 Å². The van der Waals surface area contributed by atoms with Crippen molar-refractivity contribution in [2.75, 3.05) is 13.7 Å². The zero-order chi connectivity index (χ0) is 37.5. The van der Waals surface area contributed by atoms with E-state index in [1.54, 1.807) is 7.11 Å². The third kappa shape index (κ3) is 6.93. The quantitative estimate of drug-likeness (QED) is 0.138. The standard InChI is InChI=1S/C43H47N7O3/c1-26(2)43(6,49-41(52)42(3,4)5)40-45-25-34(47-40)30-20-16-28(17-21-30)27-14-18-29(19-15-27)33-24-44-38(46-33)35-13-10-22-50(35)39(51)37-32-12-9-8-11-31(32)23-36(48-37)53-7/h8-9,11-12,14-21,23-26,35H,10,13,22H2,1-7H3,(H,44,46)(H,45,47)(H,49,52)/t35-,43+/m0/s1. The maximum Gasteiger partial charge on any atom is 0.273 e. The molecule has 272 valence electrons. The summed E-state index contributed by atoms with van der Waals surface area (Å²) >= 11 is 0. The zero-order valence-corrected chi connectivity index (χ0v) is 31.4. The van der Waals surface area contributed by atoms with Gasteiger partial charge in [-0.25, -0.2) is 15.0 Å². The molecule has 10 nitrogen and oxygen atoms in total. The number of pyridine rings is 1. The molecule has 2 amide bonds. The highest BCUT2D eigenvalue weighted by atomic mass is 16.5. The highest BCUT2D eigenvalue weighted by Gasteiger charge is 2.38. The summed E-state index contributed by atoms with van der Waals surface area (Å²) in [5, 5.41) is 4.96. The maximum absolute atomic E-state index is 13.9. The van der Waals surface area contributed by atoms with Crippen molar-refractivity contribution < 1.29 is 14.3 Å². The number of H-pyrrole nitrogens is 2. The van der Waals surface area contributed by atoms with Crippen LogP contribution in [0.2, 0.25) is 0 Å². The highest BCUT2D eigenvalue weighted by Crippen LogP contribution is 2.35. The van der Waals surface area contributed by atoms with Gasteiger partial charge in [-0.05, 0) is 53.3 Å². The van der Waals surface area contributed by atoms with Crippen LogP contribution in [0.4, 0.5) is 0 Å². The topological polar surface area (TPSA) is 129 Å². The van der Waals surface area contributed by atoms with Crippen LogP contribution in [0.5, 0.6) is 5.88 Å². The van der Waals surface area contributed by atoms with Gasteiger partial charge in [0.05, 0.1) is 42.5 Å². The van der Waals surface area contributed by atoms with Gasteiger partial charge in [0.15, 0.2) is 0 Å². The molecule has 0 bridgehead atoms. The van der Waals surface area contributed by atoms with Crippen molar-refractivity contribution in [1.29, 1.82) is 0 Å². The van der Waals surface area contributed by atoms with Crippen LogP contribution in [0.15, 0.2) is 91.3 Å².